The van der Waals surface area contributed by atoms with Gasteiger partial charge in [0.15, 0.2) is 11.6 Å². The van der Waals surface area contributed by atoms with Crippen molar-refractivity contribution in [1.29, 1.82) is 0 Å². The highest BCUT2D eigenvalue weighted by molar-refractivity contribution is 5.64. The van der Waals surface area contributed by atoms with E-state index in [1.165, 1.54) is 0 Å². The number of piperidine rings is 1. The van der Waals surface area contributed by atoms with Crippen LogP contribution in [0.5, 0.6) is 11.6 Å². The molecule has 0 atom stereocenters. The van der Waals surface area contributed by atoms with E-state index < -0.39 is 12.7 Å². The topological polar surface area (TPSA) is 94.1 Å². The van der Waals surface area contributed by atoms with Crippen molar-refractivity contribution >= 4 is 5.82 Å². The summed E-state index contributed by atoms with van der Waals surface area (Å²) in [5.74, 6) is 0.861. The fourth-order valence-electron chi connectivity index (χ4n) is 4.29. The average Bonchev–Trinajstić information content (AvgIpc) is 3.25. The third-order valence-electron chi connectivity index (χ3n) is 6.24. The van der Waals surface area contributed by atoms with E-state index >= 15 is 0 Å². The zero-order chi connectivity index (χ0) is 25.2. The van der Waals surface area contributed by atoms with Crippen molar-refractivity contribution in [3.8, 4) is 22.9 Å². The number of hydrogen-bond donors (Lipinski definition) is 2. The van der Waals surface area contributed by atoms with Crippen molar-refractivity contribution in [2.45, 2.75) is 45.5 Å². The van der Waals surface area contributed by atoms with Gasteiger partial charge in [0.25, 0.3) is 5.88 Å². The van der Waals surface area contributed by atoms with Crippen LogP contribution in [0.15, 0.2) is 30.7 Å². The maximum Gasteiger partial charge on any atom is 0.401 e. The van der Waals surface area contributed by atoms with Gasteiger partial charge in [-0.3, -0.25) is 4.68 Å². The molecule has 8 nitrogen and oxygen atoms in total. The Hall–Kier alpha value is -3.18. The Morgan fingerprint density at radius 2 is 1.83 bits per heavy atom. The molecule has 1 aromatic carbocycles. The van der Waals surface area contributed by atoms with Crippen LogP contribution < -0.4 is 15.8 Å². The highest BCUT2D eigenvalue weighted by Crippen LogP contribution is 2.30. The number of benzene rings is 1. The maximum atomic E-state index is 12.5. The molecule has 1 aliphatic heterocycles. The van der Waals surface area contributed by atoms with Crippen molar-refractivity contribution in [3.05, 3.63) is 47.4 Å². The quantitative estimate of drug-likeness (QED) is 0.512. The molecule has 1 saturated heterocycles. The molecule has 1 aliphatic rings. The number of nitrogens with zero attached hydrogens (tertiary/aromatic N) is 5. The molecule has 1 fully saturated rings. The lowest BCUT2D eigenvalue weighted by molar-refractivity contribution is -0.125. The molecule has 0 radical (unpaired) electrons. The van der Waals surface area contributed by atoms with E-state index in [1.54, 1.807) is 12.4 Å². The van der Waals surface area contributed by atoms with E-state index in [-0.39, 0.29) is 18.2 Å². The zero-order valence-electron chi connectivity index (χ0n) is 20.1. The molecule has 188 valence electrons. The van der Waals surface area contributed by atoms with Crippen LogP contribution in [-0.4, -0.2) is 57.5 Å². The van der Waals surface area contributed by atoms with Crippen LogP contribution in [0.3, 0.4) is 0 Å². The van der Waals surface area contributed by atoms with E-state index in [0.717, 1.165) is 48.2 Å². The molecule has 2 aromatic heterocycles. The predicted molar refractivity (Wildman–Crippen MR) is 127 cm³/mol. The summed E-state index contributed by atoms with van der Waals surface area (Å²) in [5, 5.41) is 6.91. The third-order valence-corrected chi connectivity index (χ3v) is 6.24. The predicted octanol–water partition coefficient (Wildman–Crippen LogP) is 4.25. The Labute approximate surface area is 202 Å². The molecule has 0 saturated carbocycles. The van der Waals surface area contributed by atoms with Gasteiger partial charge in [-0.05, 0) is 75.6 Å². The molecule has 0 amide bonds. The third kappa shape index (κ3) is 6.29. The lowest BCUT2D eigenvalue weighted by atomic mass is 9.98. The summed E-state index contributed by atoms with van der Waals surface area (Å²) in [6, 6.07) is 4.08. The standard InChI is InChI=1S/C24H30F3N7O/c1-15-8-17(9-16(2)20(15)11-29-14-24(25,26)27)21-12-30-22(28)23(32-21)35-19-10-31-34(13-19)18-4-6-33(3)7-5-18/h8-10,12-13,18,29H,4-7,11,14H2,1-3H3,(H2,28,30). The fraction of sp³-hybridized carbons (Fsp3) is 0.458. The number of rotatable bonds is 7. The fourth-order valence-corrected chi connectivity index (χ4v) is 4.29. The molecule has 3 heterocycles. The van der Waals surface area contributed by atoms with Crippen molar-refractivity contribution in [2.24, 2.45) is 0 Å². The van der Waals surface area contributed by atoms with Crippen molar-refractivity contribution in [3.63, 3.8) is 0 Å². The summed E-state index contributed by atoms with van der Waals surface area (Å²) in [5.41, 5.74) is 9.89. The van der Waals surface area contributed by atoms with Gasteiger partial charge in [-0.1, -0.05) is 0 Å². The van der Waals surface area contributed by atoms with Gasteiger partial charge in [0.05, 0.1) is 36.9 Å². The van der Waals surface area contributed by atoms with Gasteiger partial charge in [-0.15, -0.1) is 0 Å². The van der Waals surface area contributed by atoms with Crippen LogP contribution >= 0.6 is 0 Å². The first-order chi connectivity index (χ1) is 16.6. The van der Waals surface area contributed by atoms with Crippen molar-refractivity contribution < 1.29 is 17.9 Å². The summed E-state index contributed by atoms with van der Waals surface area (Å²) in [7, 11) is 2.11. The van der Waals surface area contributed by atoms with E-state index in [0.29, 0.717) is 17.5 Å². The minimum absolute atomic E-state index is 0.126. The second-order valence-corrected chi connectivity index (χ2v) is 9.05. The Morgan fingerprint density at radius 3 is 2.49 bits per heavy atom. The number of alkyl halides is 3. The number of halogens is 3. The van der Waals surface area contributed by atoms with Gasteiger partial charge in [-0.25, -0.2) is 9.97 Å². The SMILES string of the molecule is Cc1cc(-c2cnc(N)c(Oc3cnn(C4CCN(C)CC4)c3)n2)cc(C)c1CNCC(F)(F)F. The first-order valence-corrected chi connectivity index (χ1v) is 11.5. The lowest BCUT2D eigenvalue weighted by Crippen LogP contribution is -2.31. The van der Waals surface area contributed by atoms with Crippen LogP contribution in [-0.2, 0) is 6.54 Å². The normalized spacial score (nSPS) is 15.5. The molecule has 0 bridgehead atoms. The molecule has 11 heteroatoms. The zero-order valence-corrected chi connectivity index (χ0v) is 20.1. The van der Waals surface area contributed by atoms with Crippen LogP contribution in [0.2, 0.25) is 0 Å². The monoisotopic (exact) mass is 489 g/mol. The number of nitrogens with one attached hydrogen (secondary N) is 1. The summed E-state index contributed by atoms with van der Waals surface area (Å²) < 4.78 is 45.3. The average molecular weight is 490 g/mol. The molecular formula is C24H30F3N7O. The number of aromatic nitrogens is 4. The van der Waals surface area contributed by atoms with Gasteiger partial charge >= 0.3 is 6.18 Å². The molecule has 0 spiro atoms. The molecule has 0 aliphatic carbocycles. The minimum atomic E-state index is -4.25. The summed E-state index contributed by atoms with van der Waals surface area (Å²) >= 11 is 0. The number of aryl methyl sites for hydroxylation is 2. The van der Waals surface area contributed by atoms with E-state index in [9.17, 15) is 13.2 Å². The smallest absolute Gasteiger partial charge is 0.401 e. The largest absolute Gasteiger partial charge is 0.433 e. The van der Waals surface area contributed by atoms with Crippen molar-refractivity contribution in [2.75, 3.05) is 32.4 Å². The first kappa shape index (κ1) is 24.9. The van der Waals surface area contributed by atoms with Crippen molar-refractivity contribution in [1.82, 2.24) is 30.0 Å². The molecule has 4 rings (SSSR count). The van der Waals surface area contributed by atoms with Gasteiger partial charge in [0.2, 0.25) is 0 Å². The van der Waals surface area contributed by atoms with E-state index in [1.807, 2.05) is 36.9 Å². The van der Waals surface area contributed by atoms with Crippen LogP contribution in [0.1, 0.15) is 35.6 Å². The second-order valence-electron chi connectivity index (χ2n) is 9.05. The Morgan fingerprint density at radius 1 is 1.14 bits per heavy atom. The summed E-state index contributed by atoms with van der Waals surface area (Å²) in [6.45, 7) is 4.86. The molecule has 3 aromatic rings. The van der Waals surface area contributed by atoms with Gasteiger partial charge in [0.1, 0.15) is 0 Å². The van der Waals surface area contributed by atoms with Gasteiger partial charge in [-0.2, -0.15) is 18.3 Å². The molecule has 3 N–H and O–H groups in total. The number of nitrogen functional groups attached to an aromatic ring is 1. The van der Waals surface area contributed by atoms with Crippen LogP contribution in [0.25, 0.3) is 11.3 Å². The van der Waals surface area contributed by atoms with Crippen LogP contribution in [0.4, 0.5) is 19.0 Å². The summed E-state index contributed by atoms with van der Waals surface area (Å²) in [4.78, 5) is 11.1. The molecule has 0 unspecified atom stereocenters. The van der Waals surface area contributed by atoms with Crippen LogP contribution in [0, 0.1) is 13.8 Å². The number of anilines is 1. The first-order valence-electron chi connectivity index (χ1n) is 11.5. The Bertz CT molecular complexity index is 1150. The van der Waals surface area contributed by atoms with Gasteiger partial charge < -0.3 is 20.7 Å². The van der Waals surface area contributed by atoms with E-state index in [4.69, 9.17) is 10.5 Å². The van der Waals surface area contributed by atoms with Gasteiger partial charge in [0, 0.05) is 12.1 Å². The maximum absolute atomic E-state index is 12.5. The molecule has 35 heavy (non-hydrogen) atoms. The lowest BCUT2D eigenvalue weighted by Gasteiger charge is -2.28. The summed E-state index contributed by atoms with van der Waals surface area (Å²) in [6.07, 6.45) is 2.84. The Balaban J connectivity index is 1.49. The number of ether oxygens (including phenoxy) is 1. The minimum Gasteiger partial charge on any atom is -0.433 e. The number of hydrogen-bond acceptors (Lipinski definition) is 7. The Kier molecular flexibility index (Phi) is 7.27. The highest BCUT2D eigenvalue weighted by atomic mass is 19.4. The molecular weight excluding hydrogens is 459 g/mol. The second kappa shape index (κ2) is 10.2. The van der Waals surface area contributed by atoms with E-state index in [2.05, 4.69) is 32.3 Å². The number of likely N-dealkylation sites (tertiary alicyclic amines) is 1. The number of nitrogens with two attached hydrogens (primary N) is 1. The highest BCUT2D eigenvalue weighted by Gasteiger charge is 2.26.